The van der Waals surface area contributed by atoms with Crippen LogP contribution in [0.1, 0.15) is 22.3 Å². The van der Waals surface area contributed by atoms with Crippen LogP contribution in [0.2, 0.25) is 0 Å². The molecule has 272 valence electrons. The van der Waals surface area contributed by atoms with Crippen molar-refractivity contribution in [2.75, 3.05) is 48.5 Å². The molecule has 0 aliphatic carbocycles. The van der Waals surface area contributed by atoms with E-state index in [1.807, 2.05) is 0 Å². The Bertz CT molecular complexity index is 2440. The van der Waals surface area contributed by atoms with Gasteiger partial charge in [-0.3, -0.25) is 9.11 Å². The maximum atomic E-state index is 13.4. The van der Waals surface area contributed by atoms with Crippen molar-refractivity contribution < 1.29 is 55.9 Å². The molecule has 0 amide bonds. The lowest BCUT2D eigenvalue weighted by atomic mass is 9.78. The monoisotopic (exact) mass is 780 g/mol. The van der Waals surface area contributed by atoms with Gasteiger partial charge in [0.2, 0.25) is 0 Å². The van der Waals surface area contributed by atoms with E-state index >= 15 is 0 Å². The van der Waals surface area contributed by atoms with E-state index in [9.17, 15) is 38.2 Å². The van der Waals surface area contributed by atoms with E-state index in [0.717, 1.165) is 5.56 Å². The molecule has 4 aromatic rings. The maximum absolute atomic E-state index is 13.4. The molecule has 0 bridgehead atoms. The molecule has 1 atom stereocenters. The second-order valence-electron chi connectivity index (χ2n) is 11.8. The summed E-state index contributed by atoms with van der Waals surface area (Å²) in [5, 5.41) is 3.29. The molecule has 15 nitrogen and oxygen atoms in total. The Kier molecular flexibility index (Phi) is 9.70. The number of anilines is 2. The Hall–Kier alpha value is -4.08. The van der Waals surface area contributed by atoms with Gasteiger partial charge in [-0.2, -0.15) is 25.3 Å². The highest BCUT2D eigenvalue weighted by Gasteiger charge is 2.55. The standard InChI is InChI=1S/C32H32N2O13S4/c1-34(16-18-49(37,38)39)24-9-13-27-30(21-24)46-29-20-23(8-12-26(29)32(27)28-4-2-3-5-31(28)50(40,41)47-32)33-15-14-22-6-10-25(11-7-22)48(35,36)19-17-45-51(42,43)44/h2-13,20-21,33H,14-19H2,1H3,(H,37,38,39)(H,42,43,44). The number of nitrogens with zero attached hydrogens (tertiary/aromatic N) is 1. The summed E-state index contributed by atoms with van der Waals surface area (Å²) in [5.74, 6) is -0.558. The first-order chi connectivity index (χ1) is 23.9. The van der Waals surface area contributed by atoms with Crippen LogP contribution in [0.25, 0.3) is 0 Å². The van der Waals surface area contributed by atoms with Gasteiger partial charge in [-0.05, 0) is 54.4 Å². The van der Waals surface area contributed by atoms with Gasteiger partial charge in [0.15, 0.2) is 15.4 Å². The molecule has 0 saturated heterocycles. The Morgan fingerprint density at radius 1 is 0.824 bits per heavy atom. The van der Waals surface area contributed by atoms with E-state index in [0.29, 0.717) is 46.8 Å². The van der Waals surface area contributed by atoms with Crippen molar-refractivity contribution in [3.8, 4) is 11.5 Å². The van der Waals surface area contributed by atoms with Gasteiger partial charge in [0.05, 0.1) is 23.0 Å². The summed E-state index contributed by atoms with van der Waals surface area (Å²) in [6.45, 7) is -0.343. The molecule has 0 saturated carbocycles. The fourth-order valence-electron chi connectivity index (χ4n) is 5.97. The van der Waals surface area contributed by atoms with Gasteiger partial charge in [0.25, 0.3) is 20.2 Å². The summed E-state index contributed by atoms with van der Waals surface area (Å²) in [6.07, 6.45) is 0.477. The van der Waals surface area contributed by atoms with Gasteiger partial charge in [-0.15, -0.1) is 0 Å². The highest BCUT2D eigenvalue weighted by molar-refractivity contribution is 7.91. The van der Waals surface area contributed by atoms with Crippen LogP contribution in [0.3, 0.4) is 0 Å². The highest BCUT2D eigenvalue weighted by atomic mass is 32.3. The second-order valence-corrected chi connectivity index (χ2v) is 18.1. The molecule has 3 N–H and O–H groups in total. The Balaban J connectivity index is 1.25. The Morgan fingerprint density at radius 2 is 1.49 bits per heavy atom. The number of sulfone groups is 1. The summed E-state index contributed by atoms with van der Waals surface area (Å²) in [4.78, 5) is 1.59. The van der Waals surface area contributed by atoms with Crippen LogP contribution in [0, 0.1) is 0 Å². The predicted molar refractivity (Wildman–Crippen MR) is 185 cm³/mol. The van der Waals surface area contributed by atoms with Crippen molar-refractivity contribution in [2.45, 2.75) is 21.8 Å². The molecule has 2 aliphatic rings. The maximum Gasteiger partial charge on any atom is 0.397 e. The first kappa shape index (κ1) is 36.7. The number of benzene rings is 4. The van der Waals surface area contributed by atoms with Gasteiger partial charge in [0, 0.05) is 60.3 Å². The minimum absolute atomic E-state index is 0.0191. The fourth-order valence-corrected chi connectivity index (χ4v) is 9.38. The zero-order valence-corrected chi connectivity index (χ0v) is 30.1. The largest absolute Gasteiger partial charge is 0.456 e. The van der Waals surface area contributed by atoms with E-state index < -0.39 is 64.2 Å². The summed E-state index contributed by atoms with van der Waals surface area (Å²) in [6, 6.07) is 22.7. The van der Waals surface area contributed by atoms with E-state index in [2.05, 4.69) is 9.50 Å². The summed E-state index contributed by atoms with van der Waals surface area (Å²) in [7, 11) is -15.4. The quantitative estimate of drug-likeness (QED) is 0.131. The zero-order valence-electron chi connectivity index (χ0n) is 26.8. The molecule has 4 aromatic carbocycles. The fraction of sp³-hybridized carbons (Fsp3) is 0.250. The second kappa shape index (κ2) is 13.5. The third kappa shape index (κ3) is 7.75. The highest BCUT2D eigenvalue weighted by Crippen LogP contribution is 2.58. The molecule has 2 aliphatic heterocycles. The molecule has 51 heavy (non-hydrogen) atoms. The van der Waals surface area contributed by atoms with Crippen LogP contribution < -0.4 is 15.0 Å². The molecule has 1 unspecified atom stereocenters. The molecule has 1 spiro atoms. The number of fused-ring (bicyclic) bond motifs is 6. The molecular formula is C32H32N2O13S4. The van der Waals surface area contributed by atoms with Crippen LogP contribution in [-0.2, 0) is 60.9 Å². The Labute approximate surface area is 295 Å². The van der Waals surface area contributed by atoms with Crippen LogP contribution in [0.4, 0.5) is 11.4 Å². The number of hydrogen-bond acceptors (Lipinski definition) is 13. The third-order valence-corrected chi connectivity index (χ3v) is 12.7. The smallest absolute Gasteiger partial charge is 0.397 e. The van der Waals surface area contributed by atoms with Crippen molar-refractivity contribution in [1.82, 2.24) is 0 Å². The van der Waals surface area contributed by atoms with Crippen molar-refractivity contribution in [1.29, 1.82) is 0 Å². The van der Waals surface area contributed by atoms with Crippen LogP contribution in [0.5, 0.6) is 11.5 Å². The van der Waals surface area contributed by atoms with Crippen molar-refractivity contribution in [3.63, 3.8) is 0 Å². The van der Waals surface area contributed by atoms with Crippen LogP contribution in [-0.4, -0.2) is 81.0 Å². The van der Waals surface area contributed by atoms with E-state index in [4.69, 9.17) is 13.5 Å². The Morgan fingerprint density at radius 3 is 2.18 bits per heavy atom. The average molecular weight is 781 g/mol. The zero-order chi connectivity index (χ0) is 36.8. The van der Waals surface area contributed by atoms with Crippen LogP contribution >= 0.6 is 0 Å². The van der Waals surface area contributed by atoms with Gasteiger partial charge >= 0.3 is 10.4 Å². The predicted octanol–water partition coefficient (Wildman–Crippen LogP) is 3.37. The first-order valence-corrected chi connectivity index (χ1v) is 21.3. The minimum atomic E-state index is -4.76. The molecular weight excluding hydrogens is 749 g/mol. The van der Waals surface area contributed by atoms with Gasteiger partial charge in [0.1, 0.15) is 16.4 Å². The van der Waals surface area contributed by atoms with E-state index in [1.54, 1.807) is 78.7 Å². The van der Waals surface area contributed by atoms with E-state index in [-0.39, 0.29) is 22.1 Å². The lowest BCUT2D eigenvalue weighted by molar-refractivity contribution is 0.164. The minimum Gasteiger partial charge on any atom is -0.456 e. The molecule has 0 fully saturated rings. The van der Waals surface area contributed by atoms with Crippen molar-refractivity contribution >= 4 is 51.8 Å². The summed E-state index contributed by atoms with van der Waals surface area (Å²) >= 11 is 0. The van der Waals surface area contributed by atoms with E-state index in [1.165, 1.54) is 18.2 Å². The van der Waals surface area contributed by atoms with Gasteiger partial charge < -0.3 is 15.0 Å². The summed E-state index contributed by atoms with van der Waals surface area (Å²) < 4.78 is 130. The summed E-state index contributed by atoms with van der Waals surface area (Å²) in [5.41, 5.74) is 1.66. The first-order valence-electron chi connectivity index (χ1n) is 15.2. The SMILES string of the molecule is CN(CCS(=O)(=O)O)c1ccc2c(c1)Oc1cc(NCCc3ccc(S(=O)(=O)CCOS(=O)(=O)O)cc3)ccc1C21OS(=O)(=O)c2ccccc21. The lowest BCUT2D eigenvalue weighted by Gasteiger charge is -2.36. The average Bonchev–Trinajstić information content (AvgIpc) is 3.29. The molecule has 0 aromatic heterocycles. The topological polar surface area (TPSA) is 220 Å². The molecule has 0 radical (unpaired) electrons. The number of ether oxygens (including phenoxy) is 1. The normalized spacial score (nSPS) is 17.6. The molecule has 19 heteroatoms. The molecule has 2 heterocycles. The number of nitrogens with one attached hydrogen (secondary N) is 1. The van der Waals surface area contributed by atoms with Gasteiger partial charge in [-0.25, -0.2) is 16.8 Å². The van der Waals surface area contributed by atoms with Crippen molar-refractivity contribution in [2.24, 2.45) is 0 Å². The van der Waals surface area contributed by atoms with Crippen LogP contribution in [0.15, 0.2) is 94.7 Å². The number of hydrogen-bond donors (Lipinski definition) is 3. The lowest BCUT2D eigenvalue weighted by Crippen LogP contribution is -2.33. The van der Waals surface area contributed by atoms with Crippen molar-refractivity contribution in [3.05, 3.63) is 107 Å². The molecule has 6 rings (SSSR count). The van der Waals surface area contributed by atoms with Gasteiger partial charge in [-0.1, -0.05) is 30.3 Å². The number of rotatable bonds is 13. The third-order valence-electron chi connectivity index (χ3n) is 8.43.